The Morgan fingerprint density at radius 1 is 1.15 bits per heavy atom. The van der Waals surface area contributed by atoms with Crippen LogP contribution < -0.4 is 0 Å². The van der Waals surface area contributed by atoms with Gasteiger partial charge in [-0.2, -0.15) is 13.2 Å². The van der Waals surface area contributed by atoms with Crippen molar-refractivity contribution in [2.24, 2.45) is 0 Å². The van der Waals surface area contributed by atoms with Gasteiger partial charge in [0.15, 0.2) is 5.16 Å². The van der Waals surface area contributed by atoms with Gasteiger partial charge in [-0.25, -0.2) is 9.97 Å². The molecule has 2 rings (SSSR count). The van der Waals surface area contributed by atoms with Crippen LogP contribution in [0.2, 0.25) is 5.02 Å². The van der Waals surface area contributed by atoms with Crippen molar-refractivity contribution in [3.05, 3.63) is 52.3 Å². The lowest BCUT2D eigenvalue weighted by Crippen LogP contribution is -2.10. The van der Waals surface area contributed by atoms with Gasteiger partial charge in [-0.1, -0.05) is 35.5 Å². The molecule has 0 spiro atoms. The molecule has 1 aromatic heterocycles. The van der Waals surface area contributed by atoms with E-state index in [1.54, 1.807) is 12.1 Å². The van der Waals surface area contributed by atoms with E-state index in [0.29, 0.717) is 16.5 Å². The molecule has 20 heavy (non-hydrogen) atoms. The molecule has 106 valence electrons. The molecule has 0 aliphatic carbocycles. The SMILES string of the molecule is Cc1cc(C(F)(F)F)nc(SCc2ccc(Cl)cc2)n1. The lowest BCUT2D eigenvalue weighted by atomic mass is 10.2. The molecule has 0 N–H and O–H groups in total. The maximum Gasteiger partial charge on any atom is 0.433 e. The summed E-state index contributed by atoms with van der Waals surface area (Å²) in [5.74, 6) is 0.484. The van der Waals surface area contributed by atoms with Crippen molar-refractivity contribution < 1.29 is 13.2 Å². The molecule has 0 amide bonds. The zero-order chi connectivity index (χ0) is 14.8. The molecule has 1 aromatic carbocycles. The van der Waals surface area contributed by atoms with Crippen molar-refractivity contribution in [1.29, 1.82) is 0 Å². The van der Waals surface area contributed by atoms with Crippen LogP contribution in [-0.2, 0) is 11.9 Å². The normalized spacial score (nSPS) is 11.7. The molecule has 0 fully saturated rings. The summed E-state index contributed by atoms with van der Waals surface area (Å²) in [6.07, 6.45) is -4.46. The summed E-state index contributed by atoms with van der Waals surface area (Å²) in [7, 11) is 0. The number of hydrogen-bond acceptors (Lipinski definition) is 3. The van der Waals surface area contributed by atoms with E-state index in [-0.39, 0.29) is 5.16 Å². The molecule has 0 radical (unpaired) electrons. The van der Waals surface area contributed by atoms with Gasteiger partial charge in [-0.3, -0.25) is 0 Å². The number of aromatic nitrogens is 2. The number of aryl methyl sites for hydroxylation is 1. The van der Waals surface area contributed by atoms with E-state index >= 15 is 0 Å². The fourth-order valence-electron chi connectivity index (χ4n) is 1.48. The molecule has 0 atom stereocenters. The Morgan fingerprint density at radius 2 is 1.80 bits per heavy atom. The Bertz CT molecular complexity index is 600. The minimum atomic E-state index is -4.46. The topological polar surface area (TPSA) is 25.8 Å². The van der Waals surface area contributed by atoms with E-state index in [1.165, 1.54) is 6.92 Å². The lowest BCUT2D eigenvalue weighted by Gasteiger charge is -2.08. The van der Waals surface area contributed by atoms with Gasteiger partial charge in [0.2, 0.25) is 0 Å². The van der Waals surface area contributed by atoms with Crippen LogP contribution in [0.3, 0.4) is 0 Å². The Labute approximate surface area is 123 Å². The predicted molar refractivity (Wildman–Crippen MR) is 72.8 cm³/mol. The van der Waals surface area contributed by atoms with E-state index < -0.39 is 11.9 Å². The second-order valence-corrected chi connectivity index (χ2v) is 5.47. The van der Waals surface area contributed by atoms with Crippen LogP contribution in [0.25, 0.3) is 0 Å². The molecule has 7 heteroatoms. The van der Waals surface area contributed by atoms with Crippen molar-refractivity contribution in [3.63, 3.8) is 0 Å². The van der Waals surface area contributed by atoms with Crippen molar-refractivity contribution in [2.45, 2.75) is 24.0 Å². The summed E-state index contributed by atoms with van der Waals surface area (Å²) in [6.45, 7) is 1.52. The molecule has 0 saturated carbocycles. The first-order valence-electron chi connectivity index (χ1n) is 5.65. The zero-order valence-corrected chi connectivity index (χ0v) is 12.0. The highest BCUT2D eigenvalue weighted by Gasteiger charge is 2.33. The van der Waals surface area contributed by atoms with Gasteiger partial charge in [0.25, 0.3) is 0 Å². The highest BCUT2D eigenvalue weighted by molar-refractivity contribution is 7.98. The monoisotopic (exact) mass is 318 g/mol. The first-order valence-corrected chi connectivity index (χ1v) is 7.01. The maximum absolute atomic E-state index is 12.6. The quantitative estimate of drug-likeness (QED) is 0.603. The van der Waals surface area contributed by atoms with Gasteiger partial charge in [-0.15, -0.1) is 0 Å². The average molecular weight is 319 g/mol. The van der Waals surface area contributed by atoms with Gasteiger partial charge in [0.05, 0.1) is 0 Å². The summed E-state index contributed by atoms with van der Waals surface area (Å²) in [5, 5.41) is 0.734. The van der Waals surface area contributed by atoms with Crippen LogP contribution in [0.5, 0.6) is 0 Å². The molecule has 0 bridgehead atoms. The maximum atomic E-state index is 12.6. The summed E-state index contributed by atoms with van der Waals surface area (Å²) >= 11 is 6.92. The average Bonchev–Trinajstić information content (AvgIpc) is 2.36. The molecular formula is C13H10ClF3N2S. The number of hydrogen-bond donors (Lipinski definition) is 0. The van der Waals surface area contributed by atoms with Crippen LogP contribution >= 0.6 is 23.4 Å². The Kier molecular flexibility index (Phi) is 4.55. The van der Waals surface area contributed by atoms with Gasteiger partial charge < -0.3 is 0 Å². The van der Waals surface area contributed by atoms with Crippen molar-refractivity contribution in [1.82, 2.24) is 9.97 Å². The van der Waals surface area contributed by atoms with Gasteiger partial charge in [0.1, 0.15) is 5.69 Å². The third kappa shape index (κ3) is 4.11. The molecule has 1 heterocycles. The molecular weight excluding hydrogens is 309 g/mol. The fourth-order valence-corrected chi connectivity index (χ4v) is 2.47. The largest absolute Gasteiger partial charge is 0.433 e. The standard InChI is InChI=1S/C13H10ClF3N2S/c1-8-6-11(13(15,16)17)19-12(18-8)20-7-9-2-4-10(14)5-3-9/h2-6H,7H2,1H3. The smallest absolute Gasteiger partial charge is 0.228 e. The van der Waals surface area contributed by atoms with Gasteiger partial charge >= 0.3 is 6.18 Å². The number of rotatable bonds is 3. The van der Waals surface area contributed by atoms with E-state index in [0.717, 1.165) is 23.4 Å². The highest BCUT2D eigenvalue weighted by atomic mass is 35.5. The van der Waals surface area contributed by atoms with E-state index in [4.69, 9.17) is 11.6 Å². The third-order valence-electron chi connectivity index (χ3n) is 2.41. The lowest BCUT2D eigenvalue weighted by molar-refractivity contribution is -0.141. The number of thioether (sulfide) groups is 1. The molecule has 0 aliphatic rings. The molecule has 0 unspecified atom stereocenters. The first kappa shape index (κ1) is 15.1. The van der Waals surface area contributed by atoms with Crippen LogP contribution in [-0.4, -0.2) is 9.97 Å². The second-order valence-electron chi connectivity index (χ2n) is 4.09. The van der Waals surface area contributed by atoms with Crippen molar-refractivity contribution >= 4 is 23.4 Å². The summed E-state index contributed by atoms with van der Waals surface area (Å²) in [5.41, 5.74) is 0.326. The van der Waals surface area contributed by atoms with Crippen molar-refractivity contribution in [3.8, 4) is 0 Å². The Hall–Kier alpha value is -1.27. The number of alkyl halides is 3. The molecule has 0 saturated heterocycles. The summed E-state index contributed by atoms with van der Waals surface area (Å²) in [4.78, 5) is 7.54. The van der Waals surface area contributed by atoms with Crippen LogP contribution in [0.15, 0.2) is 35.5 Å². The van der Waals surface area contributed by atoms with Crippen molar-refractivity contribution in [2.75, 3.05) is 0 Å². The second kappa shape index (κ2) is 6.01. The third-order valence-corrected chi connectivity index (χ3v) is 3.58. The van der Waals surface area contributed by atoms with Crippen LogP contribution in [0.1, 0.15) is 17.0 Å². The molecule has 2 aromatic rings. The predicted octanol–water partition coefficient (Wildman–Crippen LogP) is 4.75. The fraction of sp³-hybridized carbons (Fsp3) is 0.231. The number of nitrogens with zero attached hydrogens (tertiary/aromatic N) is 2. The number of benzene rings is 1. The summed E-state index contributed by atoms with van der Waals surface area (Å²) < 4.78 is 37.9. The molecule has 0 aliphatic heterocycles. The zero-order valence-electron chi connectivity index (χ0n) is 10.4. The Balaban J connectivity index is 2.13. The van der Waals surface area contributed by atoms with E-state index in [9.17, 15) is 13.2 Å². The number of halogens is 4. The minimum Gasteiger partial charge on any atom is -0.228 e. The summed E-state index contributed by atoms with van der Waals surface area (Å²) in [6, 6.07) is 8.03. The van der Waals surface area contributed by atoms with E-state index in [1.807, 2.05) is 12.1 Å². The first-order chi connectivity index (χ1) is 9.34. The molecule has 2 nitrogen and oxygen atoms in total. The minimum absolute atomic E-state index is 0.118. The van der Waals surface area contributed by atoms with Crippen LogP contribution in [0.4, 0.5) is 13.2 Å². The van der Waals surface area contributed by atoms with Crippen LogP contribution in [0, 0.1) is 6.92 Å². The van der Waals surface area contributed by atoms with Gasteiger partial charge in [0, 0.05) is 16.5 Å². The van der Waals surface area contributed by atoms with Gasteiger partial charge in [-0.05, 0) is 30.7 Å². The highest BCUT2D eigenvalue weighted by Crippen LogP contribution is 2.30. The van der Waals surface area contributed by atoms with E-state index in [2.05, 4.69) is 9.97 Å². The Morgan fingerprint density at radius 3 is 2.40 bits per heavy atom.